The van der Waals surface area contributed by atoms with Gasteiger partial charge in [0.05, 0.1) is 0 Å². The summed E-state index contributed by atoms with van der Waals surface area (Å²) in [5, 5.41) is 4.21. The maximum Gasteiger partial charge on any atom is 0.0133 e. The average Bonchev–Trinajstić information content (AvgIpc) is 2.25. The second-order valence-corrected chi connectivity index (χ2v) is 7.00. The zero-order valence-corrected chi connectivity index (χ0v) is 13.9. The van der Waals surface area contributed by atoms with Gasteiger partial charge in [0, 0.05) is 16.3 Å². The molecule has 1 nitrogen and oxygen atoms in total. The largest absolute Gasteiger partial charge is 0.314 e. The van der Waals surface area contributed by atoms with E-state index in [-0.39, 0.29) is 0 Å². The fraction of sp³-hybridized carbons (Fsp3) is 1.00. The molecule has 3 atom stereocenters. The molecule has 0 saturated heterocycles. The maximum absolute atomic E-state index is 3.65. The molecule has 0 heterocycles. The van der Waals surface area contributed by atoms with Crippen LogP contribution in [0.25, 0.3) is 0 Å². The minimum Gasteiger partial charge on any atom is -0.314 e. The molecule has 0 aliphatic rings. The minimum atomic E-state index is 0.555. The number of hydrogen-bond donors (Lipinski definition) is 1. The first-order valence-electron chi connectivity index (χ1n) is 6.68. The van der Waals surface area contributed by atoms with Crippen molar-refractivity contribution in [3.8, 4) is 0 Å². The Labute approximate surface area is 99.8 Å². The lowest BCUT2D eigenvalue weighted by Crippen LogP contribution is -2.46. The summed E-state index contributed by atoms with van der Waals surface area (Å²) in [7, 11) is 1.29. The molecule has 0 spiro atoms. The van der Waals surface area contributed by atoms with Crippen LogP contribution in [-0.4, -0.2) is 22.8 Å². The van der Waals surface area contributed by atoms with Crippen molar-refractivity contribution in [2.24, 2.45) is 11.8 Å². The van der Waals surface area contributed by atoms with Crippen LogP contribution < -0.4 is 5.32 Å². The highest BCUT2D eigenvalue weighted by molar-refractivity contribution is 6.16. The van der Waals surface area contributed by atoms with Crippen molar-refractivity contribution in [1.29, 1.82) is 0 Å². The third kappa shape index (κ3) is 3.32. The van der Waals surface area contributed by atoms with E-state index in [4.69, 9.17) is 0 Å². The Balaban J connectivity index is 4.83. The smallest absolute Gasteiger partial charge is 0.0133 e. The molecule has 0 fully saturated rings. The molecule has 0 aromatic rings. The normalized spacial score (nSPS) is 22.0. The molecule has 0 aromatic carbocycles. The molecule has 0 saturated carbocycles. The van der Waals surface area contributed by atoms with Gasteiger partial charge in [0.2, 0.25) is 0 Å². The van der Waals surface area contributed by atoms with Crippen LogP contribution in [0.1, 0.15) is 54.4 Å². The van der Waals surface area contributed by atoms with Crippen molar-refractivity contribution in [3.63, 3.8) is 0 Å². The molecule has 0 amide bonds. The third-order valence-electron chi connectivity index (χ3n) is 4.79. The molecule has 0 bridgehead atoms. The summed E-state index contributed by atoms with van der Waals surface area (Å²) in [6.07, 6.45) is 2.62. The van der Waals surface area contributed by atoms with Gasteiger partial charge in [0.1, 0.15) is 0 Å². The van der Waals surface area contributed by atoms with Crippen molar-refractivity contribution in [2.45, 2.75) is 65.5 Å². The maximum atomic E-state index is 3.65. The summed E-state index contributed by atoms with van der Waals surface area (Å²) in [6, 6.07) is 0.666. The highest BCUT2D eigenvalue weighted by atomic mass is 28.1. The molecule has 0 rings (SSSR count). The fourth-order valence-corrected chi connectivity index (χ4v) is 3.77. The summed E-state index contributed by atoms with van der Waals surface area (Å²) < 4.78 is 0. The number of hydrogen-bond acceptors (Lipinski definition) is 1. The first-order valence-corrected chi connectivity index (χ1v) is 7.68. The molecular weight excluding hydrogens is 198 g/mol. The van der Waals surface area contributed by atoms with E-state index in [0.29, 0.717) is 11.1 Å². The Morgan fingerprint density at radius 2 is 1.40 bits per heavy atom. The van der Waals surface area contributed by atoms with Crippen LogP contribution in [0.15, 0.2) is 0 Å². The molecule has 1 N–H and O–H groups in total. The quantitative estimate of drug-likeness (QED) is 0.662. The highest BCUT2D eigenvalue weighted by Gasteiger charge is 2.39. The fourth-order valence-electron chi connectivity index (χ4n) is 2.75. The standard InChI is InChI=1S/C13H31NSi/c1-7-10(4)13(15,11(5)8-2)12(6)14-9-3/h10-12,14H,7-9H2,1-6,15H3. The van der Waals surface area contributed by atoms with Crippen molar-refractivity contribution in [2.75, 3.05) is 6.54 Å². The first-order chi connectivity index (χ1) is 6.94. The molecule has 0 radical (unpaired) electrons. The molecular formula is C13H31NSi. The van der Waals surface area contributed by atoms with Gasteiger partial charge in [-0.3, -0.25) is 0 Å². The molecule has 92 valence electrons. The highest BCUT2D eigenvalue weighted by Crippen LogP contribution is 2.46. The Kier molecular flexibility index (Phi) is 6.77. The van der Waals surface area contributed by atoms with Crippen molar-refractivity contribution in [3.05, 3.63) is 0 Å². The molecule has 2 heteroatoms. The van der Waals surface area contributed by atoms with E-state index < -0.39 is 0 Å². The topological polar surface area (TPSA) is 12.0 Å². The van der Waals surface area contributed by atoms with Gasteiger partial charge in [-0.1, -0.05) is 47.5 Å². The molecule has 15 heavy (non-hydrogen) atoms. The molecule has 3 unspecified atom stereocenters. The zero-order valence-electron chi connectivity index (χ0n) is 11.9. The number of nitrogens with one attached hydrogen (secondary N) is 1. The SMILES string of the molecule is CCNC(C)C([SiH3])(C(C)CC)C(C)CC. The monoisotopic (exact) mass is 229 g/mol. The van der Waals surface area contributed by atoms with E-state index in [1.165, 1.54) is 23.1 Å². The van der Waals surface area contributed by atoms with Crippen molar-refractivity contribution >= 4 is 10.2 Å². The van der Waals surface area contributed by atoms with Gasteiger partial charge < -0.3 is 5.32 Å². The lowest BCUT2D eigenvalue weighted by atomic mass is 9.75. The summed E-state index contributed by atoms with van der Waals surface area (Å²) in [5.74, 6) is 1.68. The van der Waals surface area contributed by atoms with Gasteiger partial charge in [-0.05, 0) is 30.3 Å². The van der Waals surface area contributed by atoms with Gasteiger partial charge in [-0.25, -0.2) is 0 Å². The summed E-state index contributed by atoms with van der Waals surface area (Å²) >= 11 is 0. The minimum absolute atomic E-state index is 0.555. The van der Waals surface area contributed by atoms with Crippen molar-refractivity contribution < 1.29 is 0 Å². The van der Waals surface area contributed by atoms with Crippen LogP contribution >= 0.6 is 0 Å². The van der Waals surface area contributed by atoms with Crippen molar-refractivity contribution in [1.82, 2.24) is 5.32 Å². The second-order valence-electron chi connectivity index (χ2n) is 5.26. The van der Waals surface area contributed by atoms with E-state index >= 15 is 0 Å². The van der Waals surface area contributed by atoms with Crippen LogP contribution in [0.5, 0.6) is 0 Å². The number of rotatable bonds is 7. The van der Waals surface area contributed by atoms with Crippen LogP contribution in [-0.2, 0) is 0 Å². The van der Waals surface area contributed by atoms with Gasteiger partial charge in [0.25, 0.3) is 0 Å². The summed E-state index contributed by atoms with van der Waals surface area (Å²) in [5.41, 5.74) is 0. The Hall–Kier alpha value is 0.177. The predicted octanol–water partition coefficient (Wildman–Crippen LogP) is 2.60. The third-order valence-corrected chi connectivity index (χ3v) is 7.63. The van der Waals surface area contributed by atoms with E-state index in [2.05, 4.69) is 46.9 Å². The average molecular weight is 229 g/mol. The van der Waals surface area contributed by atoms with E-state index in [9.17, 15) is 0 Å². The Morgan fingerprint density at radius 1 is 1.00 bits per heavy atom. The van der Waals surface area contributed by atoms with Crippen LogP contribution in [0.4, 0.5) is 0 Å². The first kappa shape index (κ1) is 15.2. The van der Waals surface area contributed by atoms with Gasteiger partial charge in [-0.2, -0.15) is 0 Å². The van der Waals surface area contributed by atoms with Crippen LogP contribution in [0.3, 0.4) is 0 Å². The lowest BCUT2D eigenvalue weighted by molar-refractivity contribution is 0.210. The van der Waals surface area contributed by atoms with E-state index in [1.54, 1.807) is 0 Å². The summed E-state index contributed by atoms with van der Waals surface area (Å²) in [4.78, 5) is 0. The van der Waals surface area contributed by atoms with Gasteiger partial charge in [0.15, 0.2) is 0 Å². The van der Waals surface area contributed by atoms with Crippen LogP contribution in [0.2, 0.25) is 5.04 Å². The Morgan fingerprint density at radius 3 is 1.67 bits per heavy atom. The second kappa shape index (κ2) is 6.69. The predicted molar refractivity (Wildman–Crippen MR) is 74.7 cm³/mol. The van der Waals surface area contributed by atoms with E-state index in [0.717, 1.165) is 18.4 Å². The summed E-state index contributed by atoms with van der Waals surface area (Å²) in [6.45, 7) is 15.2. The van der Waals surface area contributed by atoms with E-state index in [1.807, 2.05) is 0 Å². The molecule has 0 aliphatic carbocycles. The van der Waals surface area contributed by atoms with Gasteiger partial charge >= 0.3 is 0 Å². The van der Waals surface area contributed by atoms with Crippen LogP contribution in [0, 0.1) is 11.8 Å². The molecule has 0 aliphatic heterocycles. The lowest BCUT2D eigenvalue weighted by Gasteiger charge is -2.46. The molecule has 0 aromatic heterocycles. The zero-order chi connectivity index (χ0) is 12.1. The Bertz CT molecular complexity index is 160. The van der Waals surface area contributed by atoms with Gasteiger partial charge in [-0.15, -0.1) is 0 Å².